The van der Waals surface area contributed by atoms with Crippen LogP contribution in [0.4, 0.5) is 0 Å². The smallest absolute Gasteiger partial charge is 0.0753 e. The highest BCUT2D eigenvalue weighted by atomic mass is 35.5. The Morgan fingerprint density at radius 1 is 1.08 bits per heavy atom. The zero-order valence-electron chi connectivity index (χ0n) is 6.85. The molecule has 0 aromatic heterocycles. The summed E-state index contributed by atoms with van der Waals surface area (Å²) in [5, 5.41) is 0. The van der Waals surface area contributed by atoms with Crippen LogP contribution in [-0.4, -0.2) is 0 Å². The van der Waals surface area contributed by atoms with E-state index in [9.17, 15) is 0 Å². The molecule has 0 aliphatic rings. The molecule has 4 heteroatoms. The van der Waals surface area contributed by atoms with Crippen LogP contribution in [-0.2, 0) is 0 Å². The summed E-state index contributed by atoms with van der Waals surface area (Å²) < 4.78 is 0.499. The Morgan fingerprint density at radius 3 is 2.08 bits per heavy atom. The van der Waals surface area contributed by atoms with Crippen molar-refractivity contribution in [3.8, 4) is 0 Å². The van der Waals surface area contributed by atoms with Gasteiger partial charge in [0.1, 0.15) is 8.86 Å². The molecule has 0 nitrogen and oxygen atoms in total. The predicted octanol–water partition coefficient (Wildman–Crippen LogP) is 4.93. The van der Waals surface area contributed by atoms with Crippen LogP contribution in [0.5, 0.6) is 0 Å². The maximum atomic E-state index is 5.77. The predicted molar refractivity (Wildman–Crippen MR) is 61.6 cm³/mol. The number of hydrogen-bond acceptors (Lipinski definition) is 1. The summed E-state index contributed by atoms with van der Waals surface area (Å²) >= 11 is 18.1. The maximum Gasteiger partial charge on any atom is 0.132 e. The second-order valence-electron chi connectivity index (χ2n) is 2.45. The van der Waals surface area contributed by atoms with Crippen LogP contribution in [0.25, 0.3) is 0 Å². The lowest BCUT2D eigenvalue weighted by Gasteiger charge is -1.99. The molecule has 0 spiro atoms. The van der Waals surface area contributed by atoms with Crippen molar-refractivity contribution >= 4 is 46.6 Å². The van der Waals surface area contributed by atoms with E-state index < -0.39 is 0 Å². The molecular weight excluding hydrogens is 247 g/mol. The summed E-state index contributed by atoms with van der Waals surface area (Å²) in [6.45, 7) is 2.03. The van der Waals surface area contributed by atoms with Crippen molar-refractivity contribution in [1.29, 1.82) is 0 Å². The minimum Gasteiger partial charge on any atom is -0.0753 e. The summed E-state index contributed by atoms with van der Waals surface area (Å²) in [5.74, 6) is 0. The standard InChI is InChI=1S/C9H7Cl3S/c1-6-2-4-7(5-3-6)13-9(12)8(10)11/h2-5H,1H3. The van der Waals surface area contributed by atoms with Crippen LogP contribution >= 0.6 is 46.6 Å². The SMILES string of the molecule is Cc1ccc(SC(Cl)=C(Cl)Cl)cc1. The average molecular weight is 254 g/mol. The molecule has 1 rings (SSSR count). The van der Waals surface area contributed by atoms with Crippen molar-refractivity contribution < 1.29 is 0 Å². The first-order valence-corrected chi connectivity index (χ1v) is 5.50. The molecule has 1 aromatic carbocycles. The van der Waals surface area contributed by atoms with Gasteiger partial charge in [-0.25, -0.2) is 0 Å². The molecule has 0 unspecified atom stereocenters. The van der Waals surface area contributed by atoms with Crippen molar-refractivity contribution in [3.63, 3.8) is 0 Å². The lowest BCUT2D eigenvalue weighted by Crippen LogP contribution is -1.73. The maximum absolute atomic E-state index is 5.77. The number of aryl methyl sites for hydroxylation is 1. The van der Waals surface area contributed by atoms with E-state index in [1.807, 2.05) is 31.2 Å². The largest absolute Gasteiger partial charge is 0.132 e. The van der Waals surface area contributed by atoms with Gasteiger partial charge in [0.05, 0.1) is 0 Å². The molecule has 0 saturated carbocycles. The second kappa shape index (κ2) is 5.16. The van der Waals surface area contributed by atoms with E-state index in [1.54, 1.807) is 0 Å². The summed E-state index contributed by atoms with van der Waals surface area (Å²) in [6, 6.07) is 7.96. The molecule has 0 radical (unpaired) electrons. The quantitative estimate of drug-likeness (QED) is 0.674. The normalized spacial score (nSPS) is 9.85. The van der Waals surface area contributed by atoms with E-state index >= 15 is 0 Å². The molecule has 13 heavy (non-hydrogen) atoms. The first-order chi connectivity index (χ1) is 6.09. The third-order valence-corrected chi connectivity index (χ3v) is 3.48. The van der Waals surface area contributed by atoms with E-state index in [0.29, 0.717) is 4.36 Å². The average Bonchev–Trinajstić information content (AvgIpc) is 2.08. The van der Waals surface area contributed by atoms with Crippen molar-refractivity contribution in [2.24, 2.45) is 0 Å². The zero-order chi connectivity index (χ0) is 9.84. The van der Waals surface area contributed by atoms with Crippen LogP contribution in [0, 0.1) is 6.92 Å². The van der Waals surface area contributed by atoms with Gasteiger partial charge >= 0.3 is 0 Å². The Labute approximate surface area is 96.9 Å². The minimum atomic E-state index is 0.104. The van der Waals surface area contributed by atoms with Gasteiger partial charge in [0.25, 0.3) is 0 Å². The zero-order valence-corrected chi connectivity index (χ0v) is 9.94. The molecule has 70 valence electrons. The molecular formula is C9H7Cl3S. The topological polar surface area (TPSA) is 0 Å². The Balaban J connectivity index is 2.76. The highest BCUT2D eigenvalue weighted by Gasteiger charge is 2.01. The lowest BCUT2D eigenvalue weighted by atomic mass is 10.2. The highest BCUT2D eigenvalue weighted by molar-refractivity contribution is 8.04. The van der Waals surface area contributed by atoms with E-state index in [2.05, 4.69) is 0 Å². The van der Waals surface area contributed by atoms with Gasteiger partial charge in [-0.05, 0) is 19.1 Å². The molecule has 0 N–H and O–H groups in total. The lowest BCUT2D eigenvalue weighted by molar-refractivity contribution is 1.38. The van der Waals surface area contributed by atoms with Crippen molar-refractivity contribution in [3.05, 3.63) is 38.7 Å². The van der Waals surface area contributed by atoms with Gasteiger partial charge in [-0.1, -0.05) is 64.3 Å². The van der Waals surface area contributed by atoms with Gasteiger partial charge in [0.2, 0.25) is 0 Å². The number of benzene rings is 1. The molecule has 0 saturated heterocycles. The fraction of sp³-hybridized carbons (Fsp3) is 0.111. The summed E-state index contributed by atoms with van der Waals surface area (Å²) in [6.07, 6.45) is 0. The molecule has 0 fully saturated rings. The fourth-order valence-corrected chi connectivity index (χ4v) is 1.80. The van der Waals surface area contributed by atoms with Crippen LogP contribution in [0.15, 0.2) is 38.0 Å². The first-order valence-electron chi connectivity index (χ1n) is 3.55. The molecule has 0 aliphatic carbocycles. The van der Waals surface area contributed by atoms with Gasteiger partial charge in [-0.3, -0.25) is 0 Å². The Morgan fingerprint density at radius 2 is 1.62 bits per heavy atom. The monoisotopic (exact) mass is 252 g/mol. The van der Waals surface area contributed by atoms with Crippen LogP contribution in [0.3, 0.4) is 0 Å². The van der Waals surface area contributed by atoms with Crippen molar-refractivity contribution in [1.82, 2.24) is 0 Å². The van der Waals surface area contributed by atoms with Crippen molar-refractivity contribution in [2.75, 3.05) is 0 Å². The highest BCUT2D eigenvalue weighted by Crippen LogP contribution is 2.34. The number of halogens is 3. The van der Waals surface area contributed by atoms with E-state index in [4.69, 9.17) is 34.8 Å². The summed E-state index contributed by atoms with van der Waals surface area (Å²) in [5.41, 5.74) is 1.21. The molecule has 0 heterocycles. The second-order valence-corrected chi connectivity index (χ2v) is 5.08. The summed E-state index contributed by atoms with van der Waals surface area (Å²) in [4.78, 5) is 1.02. The Hall–Kier alpha value is 0.180. The molecule has 0 amide bonds. The van der Waals surface area contributed by atoms with E-state index in [1.165, 1.54) is 17.3 Å². The molecule has 1 aromatic rings. The van der Waals surface area contributed by atoms with Crippen LogP contribution in [0.1, 0.15) is 5.56 Å². The van der Waals surface area contributed by atoms with Gasteiger partial charge in [-0.15, -0.1) is 0 Å². The van der Waals surface area contributed by atoms with Gasteiger partial charge in [-0.2, -0.15) is 0 Å². The van der Waals surface area contributed by atoms with Crippen molar-refractivity contribution in [2.45, 2.75) is 11.8 Å². The molecule has 0 bridgehead atoms. The van der Waals surface area contributed by atoms with Gasteiger partial charge < -0.3 is 0 Å². The Bertz CT molecular complexity index is 312. The fourth-order valence-electron chi connectivity index (χ4n) is 0.748. The Kier molecular flexibility index (Phi) is 4.47. The van der Waals surface area contributed by atoms with Gasteiger partial charge in [0.15, 0.2) is 0 Å². The third-order valence-electron chi connectivity index (χ3n) is 1.38. The first kappa shape index (κ1) is 11.3. The number of hydrogen-bond donors (Lipinski definition) is 0. The number of thioether (sulfide) groups is 1. The van der Waals surface area contributed by atoms with Gasteiger partial charge in [0, 0.05) is 4.90 Å². The van der Waals surface area contributed by atoms with E-state index in [0.717, 1.165) is 4.90 Å². The van der Waals surface area contributed by atoms with Crippen LogP contribution in [0.2, 0.25) is 0 Å². The van der Waals surface area contributed by atoms with Crippen LogP contribution < -0.4 is 0 Å². The molecule has 0 atom stereocenters. The van der Waals surface area contributed by atoms with E-state index in [-0.39, 0.29) is 4.49 Å². The minimum absolute atomic E-state index is 0.104. The third kappa shape index (κ3) is 3.82. The summed E-state index contributed by atoms with van der Waals surface area (Å²) in [7, 11) is 0. The molecule has 0 aliphatic heterocycles. The number of rotatable bonds is 2.